The van der Waals surface area contributed by atoms with E-state index in [1.807, 2.05) is 6.07 Å². The van der Waals surface area contributed by atoms with Gasteiger partial charge in [-0.05, 0) is 42.5 Å². The highest BCUT2D eigenvalue weighted by atomic mass is 19.1. The van der Waals surface area contributed by atoms with Gasteiger partial charge in [0, 0.05) is 17.4 Å². The van der Waals surface area contributed by atoms with Gasteiger partial charge in [-0.25, -0.2) is 14.4 Å². The summed E-state index contributed by atoms with van der Waals surface area (Å²) in [7, 11) is 0. The maximum atomic E-state index is 13.2. The monoisotopic (exact) mass is 333 g/mol. The van der Waals surface area contributed by atoms with Gasteiger partial charge < -0.3 is 10.6 Å². The Bertz CT molecular complexity index is 950. The molecule has 0 aliphatic rings. The number of rotatable bonds is 4. The summed E-state index contributed by atoms with van der Waals surface area (Å²) in [4.78, 5) is 20.2. The van der Waals surface area contributed by atoms with Gasteiger partial charge in [-0.2, -0.15) is 5.26 Å². The molecule has 0 radical (unpaired) electrons. The molecular weight excluding hydrogens is 321 g/mol. The molecule has 1 amide bonds. The zero-order chi connectivity index (χ0) is 17.6. The third-order valence-electron chi connectivity index (χ3n) is 3.27. The second-order valence-corrected chi connectivity index (χ2v) is 5.07. The zero-order valence-electron chi connectivity index (χ0n) is 12.9. The summed E-state index contributed by atoms with van der Waals surface area (Å²) in [5.41, 5.74) is 1.71. The summed E-state index contributed by atoms with van der Waals surface area (Å²) in [5, 5.41) is 14.4. The lowest BCUT2D eigenvalue weighted by Gasteiger charge is -2.08. The lowest BCUT2D eigenvalue weighted by molar-refractivity contribution is 0.102. The lowest BCUT2D eigenvalue weighted by atomic mass is 10.2. The van der Waals surface area contributed by atoms with Crippen LogP contribution in [-0.4, -0.2) is 15.9 Å². The largest absolute Gasteiger partial charge is 0.340 e. The molecule has 2 N–H and O–H groups in total. The molecule has 0 saturated carbocycles. The van der Waals surface area contributed by atoms with Gasteiger partial charge in [0.2, 0.25) is 0 Å². The van der Waals surface area contributed by atoms with Crippen LogP contribution in [0.5, 0.6) is 0 Å². The number of nitriles is 1. The van der Waals surface area contributed by atoms with E-state index in [2.05, 4.69) is 20.6 Å². The number of aromatic nitrogens is 2. The fourth-order valence-electron chi connectivity index (χ4n) is 2.09. The van der Waals surface area contributed by atoms with Gasteiger partial charge in [0.1, 0.15) is 23.7 Å². The number of benzene rings is 2. The molecule has 122 valence electrons. The van der Waals surface area contributed by atoms with E-state index < -0.39 is 5.91 Å². The number of hydrogen-bond acceptors (Lipinski definition) is 5. The van der Waals surface area contributed by atoms with Crippen LogP contribution < -0.4 is 10.6 Å². The van der Waals surface area contributed by atoms with Crippen molar-refractivity contribution in [2.45, 2.75) is 0 Å². The Kier molecular flexibility index (Phi) is 4.62. The van der Waals surface area contributed by atoms with E-state index in [0.717, 1.165) is 0 Å². The highest BCUT2D eigenvalue weighted by molar-refractivity contribution is 6.03. The van der Waals surface area contributed by atoms with E-state index in [4.69, 9.17) is 5.26 Å². The van der Waals surface area contributed by atoms with Crippen LogP contribution in [-0.2, 0) is 0 Å². The summed E-state index contributed by atoms with van der Waals surface area (Å²) in [6, 6.07) is 15.8. The summed E-state index contributed by atoms with van der Waals surface area (Å²) in [6.07, 6.45) is 1.25. The average Bonchev–Trinajstić information content (AvgIpc) is 2.62. The molecule has 3 aromatic rings. The molecule has 6 nitrogen and oxygen atoms in total. The number of nitrogens with zero attached hydrogens (tertiary/aromatic N) is 3. The maximum Gasteiger partial charge on any atom is 0.274 e. The molecule has 0 aliphatic heterocycles. The SMILES string of the molecule is N#Cc1ccc(NC(=O)c2cc(Nc3cccc(F)c3)ncn2)cc1. The second kappa shape index (κ2) is 7.19. The molecule has 0 spiro atoms. The molecule has 7 heteroatoms. The Morgan fingerprint density at radius 1 is 1.04 bits per heavy atom. The standard InChI is InChI=1S/C18H12FN5O/c19-13-2-1-3-15(8-13)23-17-9-16(21-11-22-17)18(25)24-14-6-4-12(10-20)5-7-14/h1-9,11H,(H,24,25)(H,21,22,23). The van der Waals surface area contributed by atoms with Crippen LogP contribution in [0, 0.1) is 17.1 Å². The van der Waals surface area contributed by atoms with Gasteiger partial charge in [-0.1, -0.05) is 6.07 Å². The van der Waals surface area contributed by atoms with E-state index in [1.165, 1.54) is 24.5 Å². The highest BCUT2D eigenvalue weighted by Gasteiger charge is 2.09. The summed E-state index contributed by atoms with van der Waals surface area (Å²) < 4.78 is 13.2. The van der Waals surface area contributed by atoms with Gasteiger partial charge >= 0.3 is 0 Å². The first-order valence-electron chi connectivity index (χ1n) is 7.30. The minimum Gasteiger partial charge on any atom is -0.340 e. The van der Waals surface area contributed by atoms with Crippen LogP contribution in [0.4, 0.5) is 21.6 Å². The molecule has 0 bridgehead atoms. The fourth-order valence-corrected chi connectivity index (χ4v) is 2.09. The van der Waals surface area contributed by atoms with Crippen molar-refractivity contribution in [3.8, 4) is 6.07 Å². The average molecular weight is 333 g/mol. The van der Waals surface area contributed by atoms with E-state index in [0.29, 0.717) is 22.8 Å². The Morgan fingerprint density at radius 2 is 1.84 bits per heavy atom. The number of anilines is 3. The van der Waals surface area contributed by atoms with Crippen molar-refractivity contribution in [1.82, 2.24) is 9.97 Å². The van der Waals surface area contributed by atoms with Crippen molar-refractivity contribution in [2.75, 3.05) is 10.6 Å². The van der Waals surface area contributed by atoms with E-state index >= 15 is 0 Å². The van der Waals surface area contributed by atoms with Gasteiger partial charge in [0.05, 0.1) is 11.6 Å². The molecular formula is C18H12FN5O. The second-order valence-electron chi connectivity index (χ2n) is 5.07. The molecule has 3 rings (SSSR count). The van der Waals surface area contributed by atoms with Crippen LogP contribution in [0.2, 0.25) is 0 Å². The third kappa shape index (κ3) is 4.14. The molecule has 0 fully saturated rings. The smallest absolute Gasteiger partial charge is 0.274 e. The Labute approximate surface area is 143 Å². The predicted molar refractivity (Wildman–Crippen MR) is 90.8 cm³/mol. The molecule has 0 saturated heterocycles. The number of carbonyl (C=O) groups excluding carboxylic acids is 1. The summed E-state index contributed by atoms with van der Waals surface area (Å²) >= 11 is 0. The molecule has 0 atom stereocenters. The Hall–Kier alpha value is -3.79. The van der Waals surface area contributed by atoms with E-state index in [-0.39, 0.29) is 11.5 Å². The first kappa shape index (κ1) is 16.1. The first-order valence-corrected chi connectivity index (χ1v) is 7.30. The third-order valence-corrected chi connectivity index (χ3v) is 3.27. The highest BCUT2D eigenvalue weighted by Crippen LogP contribution is 2.16. The van der Waals surface area contributed by atoms with Crippen molar-refractivity contribution in [2.24, 2.45) is 0 Å². The number of carbonyl (C=O) groups is 1. The molecule has 25 heavy (non-hydrogen) atoms. The quantitative estimate of drug-likeness (QED) is 0.763. The van der Waals surface area contributed by atoms with E-state index in [9.17, 15) is 9.18 Å². The topological polar surface area (TPSA) is 90.7 Å². The molecule has 1 aromatic heterocycles. The number of nitrogens with one attached hydrogen (secondary N) is 2. The van der Waals surface area contributed by atoms with Gasteiger partial charge in [-0.15, -0.1) is 0 Å². The fraction of sp³-hybridized carbons (Fsp3) is 0. The van der Waals surface area contributed by atoms with Crippen molar-refractivity contribution >= 4 is 23.1 Å². The van der Waals surface area contributed by atoms with Crippen molar-refractivity contribution in [3.63, 3.8) is 0 Å². The van der Waals surface area contributed by atoms with E-state index in [1.54, 1.807) is 36.4 Å². The first-order chi connectivity index (χ1) is 12.1. The number of hydrogen-bond donors (Lipinski definition) is 2. The van der Waals surface area contributed by atoms with Gasteiger partial charge in [0.25, 0.3) is 5.91 Å². The van der Waals surface area contributed by atoms with Gasteiger partial charge in [0.15, 0.2) is 0 Å². The van der Waals surface area contributed by atoms with Gasteiger partial charge in [-0.3, -0.25) is 4.79 Å². The van der Waals surface area contributed by atoms with Crippen LogP contribution >= 0.6 is 0 Å². The van der Waals surface area contributed by atoms with Crippen LogP contribution in [0.15, 0.2) is 60.9 Å². The van der Waals surface area contributed by atoms with Crippen molar-refractivity contribution in [1.29, 1.82) is 5.26 Å². The lowest BCUT2D eigenvalue weighted by Crippen LogP contribution is -2.14. The molecule has 0 unspecified atom stereocenters. The molecule has 2 aromatic carbocycles. The molecule has 1 heterocycles. The number of amides is 1. The maximum absolute atomic E-state index is 13.2. The van der Waals surface area contributed by atoms with Crippen molar-refractivity contribution in [3.05, 3.63) is 78.0 Å². The van der Waals surface area contributed by atoms with Crippen LogP contribution in [0.1, 0.15) is 16.1 Å². The molecule has 0 aliphatic carbocycles. The normalized spacial score (nSPS) is 9.92. The summed E-state index contributed by atoms with van der Waals surface area (Å²) in [5.74, 6) is -0.433. The minimum absolute atomic E-state index is 0.151. The zero-order valence-corrected chi connectivity index (χ0v) is 12.9. The van der Waals surface area contributed by atoms with Crippen LogP contribution in [0.3, 0.4) is 0 Å². The van der Waals surface area contributed by atoms with Crippen molar-refractivity contribution < 1.29 is 9.18 Å². The van der Waals surface area contributed by atoms with Crippen LogP contribution in [0.25, 0.3) is 0 Å². The Morgan fingerprint density at radius 3 is 2.56 bits per heavy atom. The Balaban J connectivity index is 1.73. The minimum atomic E-state index is -0.422. The number of halogens is 1. The predicted octanol–water partition coefficient (Wildman–Crippen LogP) is 3.48. The summed E-state index contributed by atoms with van der Waals surface area (Å²) in [6.45, 7) is 0.